The van der Waals surface area contributed by atoms with Crippen molar-refractivity contribution in [3.8, 4) is 5.75 Å². The summed E-state index contributed by atoms with van der Waals surface area (Å²) < 4.78 is 5.82. The van der Waals surface area contributed by atoms with Gasteiger partial charge in [0.25, 0.3) is 0 Å². The first-order valence-electron chi connectivity index (χ1n) is 7.54. The quantitative estimate of drug-likeness (QED) is 0.859. The van der Waals surface area contributed by atoms with E-state index in [0.717, 1.165) is 12.2 Å². The minimum Gasteiger partial charge on any atom is -0.489 e. The maximum atomic E-state index is 5.83. The Bertz CT molecular complexity index is 412. The largest absolute Gasteiger partial charge is 0.489 e. The van der Waals surface area contributed by atoms with Gasteiger partial charge in [0, 0.05) is 6.04 Å². The molecule has 0 amide bonds. The van der Waals surface area contributed by atoms with Crippen LogP contribution in [-0.2, 0) is 5.41 Å². The van der Waals surface area contributed by atoms with Crippen molar-refractivity contribution in [2.24, 2.45) is 11.1 Å². The van der Waals surface area contributed by atoms with E-state index < -0.39 is 0 Å². The molecular formula is C18H31NO. The topological polar surface area (TPSA) is 35.2 Å². The van der Waals surface area contributed by atoms with Crippen LogP contribution in [0.4, 0.5) is 0 Å². The molecule has 0 aliphatic rings. The van der Waals surface area contributed by atoms with E-state index in [-0.39, 0.29) is 17.6 Å². The number of benzene rings is 1. The molecule has 0 heterocycles. The van der Waals surface area contributed by atoms with Crippen LogP contribution in [0.1, 0.15) is 60.5 Å². The molecule has 0 aromatic heterocycles. The molecule has 0 saturated carbocycles. The zero-order valence-electron chi connectivity index (χ0n) is 14.2. The second-order valence-electron chi connectivity index (χ2n) is 7.83. The third kappa shape index (κ3) is 5.16. The van der Waals surface area contributed by atoms with Crippen molar-refractivity contribution in [2.45, 2.75) is 72.4 Å². The molecule has 0 spiro atoms. The summed E-state index contributed by atoms with van der Waals surface area (Å²) in [5.74, 6) is 0.894. The zero-order chi connectivity index (χ0) is 15.6. The van der Waals surface area contributed by atoms with Crippen LogP contribution < -0.4 is 10.5 Å². The Balaban J connectivity index is 2.80. The second-order valence-corrected chi connectivity index (χ2v) is 7.83. The molecule has 20 heavy (non-hydrogen) atoms. The maximum absolute atomic E-state index is 5.83. The molecule has 114 valence electrons. The lowest BCUT2D eigenvalue weighted by Crippen LogP contribution is -2.33. The minimum atomic E-state index is 0.0310. The molecular weight excluding hydrogens is 246 g/mol. The molecule has 0 bridgehead atoms. The molecule has 0 saturated heterocycles. The molecule has 1 aromatic carbocycles. The van der Waals surface area contributed by atoms with Gasteiger partial charge in [-0.25, -0.2) is 0 Å². The highest BCUT2D eigenvalue weighted by Crippen LogP contribution is 2.36. The summed E-state index contributed by atoms with van der Waals surface area (Å²) in [6.45, 7) is 15.4. The lowest BCUT2D eigenvalue weighted by atomic mass is 9.72. The van der Waals surface area contributed by atoms with Crippen LogP contribution in [0.3, 0.4) is 0 Å². The fraction of sp³-hybridized carbons (Fsp3) is 0.667. The summed E-state index contributed by atoms with van der Waals surface area (Å²) in [5, 5.41) is 0. The van der Waals surface area contributed by atoms with Gasteiger partial charge in [0.1, 0.15) is 11.9 Å². The first kappa shape index (κ1) is 17.0. The van der Waals surface area contributed by atoms with Gasteiger partial charge >= 0.3 is 0 Å². The average Bonchev–Trinajstić information content (AvgIpc) is 2.26. The highest BCUT2D eigenvalue weighted by atomic mass is 16.5. The Morgan fingerprint density at radius 3 is 1.90 bits per heavy atom. The summed E-state index contributed by atoms with van der Waals surface area (Å²) in [4.78, 5) is 0. The van der Waals surface area contributed by atoms with Crippen LogP contribution >= 0.6 is 0 Å². The van der Waals surface area contributed by atoms with E-state index in [1.807, 2.05) is 13.8 Å². The van der Waals surface area contributed by atoms with E-state index in [1.165, 1.54) is 5.56 Å². The van der Waals surface area contributed by atoms with Crippen molar-refractivity contribution < 1.29 is 4.74 Å². The first-order chi connectivity index (χ1) is 9.01. The van der Waals surface area contributed by atoms with Crippen molar-refractivity contribution in [1.82, 2.24) is 0 Å². The molecule has 0 fully saturated rings. The zero-order valence-corrected chi connectivity index (χ0v) is 14.2. The van der Waals surface area contributed by atoms with Crippen molar-refractivity contribution in [3.63, 3.8) is 0 Å². The van der Waals surface area contributed by atoms with E-state index in [1.54, 1.807) is 0 Å². The highest BCUT2D eigenvalue weighted by Gasteiger charge is 2.27. The van der Waals surface area contributed by atoms with Gasteiger partial charge in [-0.2, -0.15) is 0 Å². The van der Waals surface area contributed by atoms with Crippen LogP contribution in [0.5, 0.6) is 5.75 Å². The maximum Gasteiger partial charge on any atom is 0.119 e. The first-order valence-corrected chi connectivity index (χ1v) is 7.54. The number of hydrogen-bond acceptors (Lipinski definition) is 2. The molecule has 0 radical (unpaired) electrons. The van der Waals surface area contributed by atoms with E-state index in [9.17, 15) is 0 Å². The molecule has 1 rings (SSSR count). The molecule has 1 aromatic rings. The van der Waals surface area contributed by atoms with E-state index >= 15 is 0 Å². The third-order valence-corrected chi connectivity index (χ3v) is 3.67. The molecule has 2 heteroatoms. The predicted molar refractivity (Wildman–Crippen MR) is 87.3 cm³/mol. The predicted octanol–water partition coefficient (Wildman–Crippen LogP) is 4.51. The van der Waals surface area contributed by atoms with E-state index in [2.05, 4.69) is 58.9 Å². The fourth-order valence-electron chi connectivity index (χ4n) is 2.73. The third-order valence-electron chi connectivity index (χ3n) is 3.67. The van der Waals surface area contributed by atoms with Gasteiger partial charge in [-0.3, -0.25) is 0 Å². The van der Waals surface area contributed by atoms with Gasteiger partial charge in [0.15, 0.2) is 0 Å². The van der Waals surface area contributed by atoms with Crippen molar-refractivity contribution >= 4 is 0 Å². The Labute approximate surface area is 124 Å². The fourth-order valence-corrected chi connectivity index (χ4v) is 2.73. The van der Waals surface area contributed by atoms with Crippen molar-refractivity contribution in [3.05, 3.63) is 29.8 Å². The highest BCUT2D eigenvalue weighted by molar-refractivity contribution is 5.32. The molecule has 0 aliphatic heterocycles. The number of rotatable bonds is 5. The Morgan fingerprint density at radius 2 is 1.50 bits per heavy atom. The van der Waals surface area contributed by atoms with Crippen molar-refractivity contribution in [2.75, 3.05) is 0 Å². The molecule has 2 N–H and O–H groups in total. The van der Waals surface area contributed by atoms with Crippen LogP contribution in [0, 0.1) is 5.41 Å². The second kappa shape index (κ2) is 6.17. The van der Waals surface area contributed by atoms with Crippen LogP contribution in [0.2, 0.25) is 0 Å². The Hall–Kier alpha value is -1.02. The average molecular weight is 277 g/mol. The summed E-state index contributed by atoms with van der Waals surface area (Å²) >= 11 is 0. The van der Waals surface area contributed by atoms with Gasteiger partial charge < -0.3 is 10.5 Å². The van der Waals surface area contributed by atoms with Crippen molar-refractivity contribution in [1.29, 1.82) is 0 Å². The van der Waals surface area contributed by atoms with Crippen LogP contribution in [-0.4, -0.2) is 12.1 Å². The Kier molecular flexibility index (Phi) is 5.26. The summed E-state index contributed by atoms with van der Waals surface area (Å²) in [7, 11) is 0. The van der Waals surface area contributed by atoms with E-state index in [4.69, 9.17) is 10.5 Å². The monoisotopic (exact) mass is 277 g/mol. The lowest BCUT2D eigenvalue weighted by molar-refractivity contribution is 0.196. The number of hydrogen-bond donors (Lipinski definition) is 1. The van der Waals surface area contributed by atoms with Gasteiger partial charge in [-0.1, -0.05) is 46.8 Å². The van der Waals surface area contributed by atoms with Gasteiger partial charge in [0.2, 0.25) is 0 Å². The van der Waals surface area contributed by atoms with Gasteiger partial charge in [-0.15, -0.1) is 0 Å². The number of nitrogens with two attached hydrogens (primary N) is 1. The van der Waals surface area contributed by atoms with Crippen LogP contribution in [0.25, 0.3) is 0 Å². The van der Waals surface area contributed by atoms with Gasteiger partial charge in [0.05, 0.1) is 0 Å². The summed E-state index contributed by atoms with van der Waals surface area (Å²) in [5.41, 5.74) is 7.67. The van der Waals surface area contributed by atoms with Crippen LogP contribution in [0.15, 0.2) is 24.3 Å². The summed E-state index contributed by atoms with van der Waals surface area (Å²) in [6.07, 6.45) is 1.18. The summed E-state index contributed by atoms with van der Waals surface area (Å²) in [6, 6.07) is 8.49. The Morgan fingerprint density at radius 1 is 1.00 bits per heavy atom. The molecule has 2 nitrogen and oxygen atoms in total. The van der Waals surface area contributed by atoms with Gasteiger partial charge in [-0.05, 0) is 48.8 Å². The smallest absolute Gasteiger partial charge is 0.119 e. The number of ether oxygens (including phenoxy) is 1. The normalized spacial score (nSPS) is 15.8. The molecule has 0 aliphatic carbocycles. The van der Waals surface area contributed by atoms with E-state index in [0.29, 0.717) is 5.41 Å². The molecule has 1 unspecified atom stereocenters. The minimum absolute atomic E-state index is 0.0310. The SMILES string of the molecule is CC(Oc1ccc(C(C)(C)CC(C)(C)C)cc1)[C@H](C)N. The molecule has 2 atom stereocenters. The lowest BCUT2D eigenvalue weighted by Gasteiger charge is -2.33. The standard InChI is InChI=1S/C18H31NO/c1-13(19)14(2)20-16-10-8-15(9-11-16)18(6,7)12-17(3,4)5/h8-11,13-14H,12,19H2,1-7H3/t13-,14?/m0/s1.